The van der Waals surface area contributed by atoms with Crippen LogP contribution in [0.5, 0.6) is 0 Å². The van der Waals surface area contributed by atoms with E-state index in [-0.39, 0.29) is 0 Å². The highest BCUT2D eigenvalue weighted by molar-refractivity contribution is 4.97. The summed E-state index contributed by atoms with van der Waals surface area (Å²) in [6, 6.07) is 0. The molecule has 0 radical (unpaired) electrons. The molecule has 21 heterocycles. The van der Waals surface area contributed by atoms with E-state index in [2.05, 4.69) is 0 Å². The number of ether oxygens (including phenoxy) is 14. The highest BCUT2D eigenvalue weighted by Crippen LogP contribution is 2.37. The molecule has 0 saturated carbocycles. The maximum Gasteiger partial charge on any atom is 0.189 e. The van der Waals surface area contributed by atoms with Crippen LogP contribution in [0.1, 0.15) is 0 Å². The molecule has 35 atom stereocenters. The van der Waals surface area contributed by atoms with Crippen LogP contribution < -0.4 is 0 Å². The van der Waals surface area contributed by atoms with Crippen molar-refractivity contribution < 1.29 is 174 Å². The monoisotopic (exact) mass is 1040 g/mol. The first-order valence-corrected chi connectivity index (χ1v) is 21.4. The molecule has 0 amide bonds. The average Bonchev–Trinajstić information content (AvgIpc) is 3.31. The zero-order chi connectivity index (χ0) is 51.1. The van der Waals surface area contributed by atoms with Crippen LogP contribution in [0.25, 0.3) is 0 Å². The van der Waals surface area contributed by atoms with Gasteiger partial charge in [-0.3, -0.25) is 0 Å². The van der Waals surface area contributed by atoms with Crippen molar-refractivity contribution in [2.75, 3.05) is 0 Å². The summed E-state index contributed by atoms with van der Waals surface area (Å²) in [5.74, 6) is 0. The van der Waals surface area contributed by atoms with Crippen molar-refractivity contribution in [3.8, 4) is 0 Å². The van der Waals surface area contributed by atoms with Crippen molar-refractivity contribution >= 4 is 0 Å². The minimum atomic E-state index is -2.38. The van der Waals surface area contributed by atoms with Crippen molar-refractivity contribution in [2.45, 2.75) is 216 Å². The SMILES string of the molecule is OC1OC2OC3C(O)OC(OC4C(O)OC(OC5C(O)OC(OC6C(O)OC(OC7C(O)OC(OC8C(O)OC(OC1C(O)C2O)C(O)C8O)C(O)C7O)C(O)C6O)C(O)C5O)C(O)C4O)C(O)C3O. The molecule has 0 aromatic rings. The molecular formula is C35H56O35. The van der Waals surface area contributed by atoms with Gasteiger partial charge in [0, 0.05) is 0 Å². The predicted octanol–water partition coefficient (Wildman–Crippen LogP) is -15.5. The Kier molecular flexibility index (Phi) is 17.0. The maximum absolute atomic E-state index is 10.9. The molecule has 0 spiro atoms. The largest absolute Gasteiger partial charge is 0.387 e. The Hall–Kier alpha value is -1.40. The number of hydrogen-bond acceptors (Lipinski definition) is 35. The van der Waals surface area contributed by atoms with E-state index in [1.807, 2.05) is 0 Å². The van der Waals surface area contributed by atoms with Crippen molar-refractivity contribution in [1.29, 1.82) is 0 Å². The van der Waals surface area contributed by atoms with Crippen LogP contribution in [0.4, 0.5) is 0 Å². The fourth-order valence-electron chi connectivity index (χ4n) is 8.64. The van der Waals surface area contributed by atoms with Gasteiger partial charge in [-0.15, -0.1) is 0 Å². The molecule has 406 valence electrons. The second-order valence-corrected chi connectivity index (χ2v) is 17.3. The molecule has 21 fully saturated rings. The first-order chi connectivity index (χ1) is 32.9. The van der Waals surface area contributed by atoms with Gasteiger partial charge >= 0.3 is 0 Å². The summed E-state index contributed by atoms with van der Waals surface area (Å²) in [7, 11) is 0. The quantitative estimate of drug-likeness (QED) is 0.107. The fourth-order valence-corrected chi connectivity index (χ4v) is 8.64. The summed E-state index contributed by atoms with van der Waals surface area (Å²) < 4.78 is 73.3. The van der Waals surface area contributed by atoms with E-state index in [0.29, 0.717) is 0 Å². The molecule has 21 aliphatic rings. The lowest BCUT2D eigenvalue weighted by molar-refractivity contribution is -0.431. The third kappa shape index (κ3) is 10.3. The normalized spacial score (nSPS) is 59.7. The number of rotatable bonds is 0. The molecule has 0 aliphatic carbocycles. The van der Waals surface area contributed by atoms with Gasteiger partial charge in [-0.05, 0) is 0 Å². The smallest absolute Gasteiger partial charge is 0.189 e. The van der Waals surface area contributed by atoms with Crippen LogP contribution in [-0.2, 0) is 66.3 Å². The van der Waals surface area contributed by atoms with Crippen LogP contribution >= 0.6 is 0 Å². The Labute approximate surface area is 389 Å². The molecule has 14 bridgehead atoms. The minimum absolute atomic E-state index is 2.14. The summed E-state index contributed by atoms with van der Waals surface area (Å²) in [5, 5.41) is 228. The molecule has 35 unspecified atom stereocenters. The van der Waals surface area contributed by atoms with Gasteiger partial charge in [-0.2, -0.15) is 0 Å². The lowest BCUT2D eigenvalue weighted by Crippen LogP contribution is -2.67. The zero-order valence-corrected chi connectivity index (χ0v) is 35.3. The van der Waals surface area contributed by atoms with Crippen LogP contribution in [0.2, 0.25) is 0 Å². The third-order valence-electron chi connectivity index (χ3n) is 12.7. The van der Waals surface area contributed by atoms with E-state index in [1.165, 1.54) is 0 Å². The molecule has 21 N–H and O–H groups in total. The van der Waals surface area contributed by atoms with Gasteiger partial charge in [-0.25, -0.2) is 0 Å². The number of hydrogen-bond donors (Lipinski definition) is 21. The van der Waals surface area contributed by atoms with Crippen molar-refractivity contribution in [1.82, 2.24) is 0 Å². The van der Waals surface area contributed by atoms with Crippen LogP contribution in [0.15, 0.2) is 0 Å². The number of aliphatic hydroxyl groups excluding tert-OH is 21. The molecule has 35 heteroatoms. The molecule has 21 saturated heterocycles. The van der Waals surface area contributed by atoms with Crippen LogP contribution in [0.3, 0.4) is 0 Å². The molecule has 21 aliphatic heterocycles. The molecular weight excluding hydrogens is 980 g/mol. The molecule has 21 rings (SSSR count). The van der Waals surface area contributed by atoms with Gasteiger partial charge < -0.3 is 174 Å². The van der Waals surface area contributed by atoms with Crippen LogP contribution in [-0.4, -0.2) is 323 Å². The van der Waals surface area contributed by atoms with E-state index >= 15 is 0 Å². The van der Waals surface area contributed by atoms with Gasteiger partial charge in [0.25, 0.3) is 0 Å². The van der Waals surface area contributed by atoms with Crippen molar-refractivity contribution in [3.63, 3.8) is 0 Å². The van der Waals surface area contributed by atoms with Gasteiger partial charge in [0.2, 0.25) is 0 Å². The van der Waals surface area contributed by atoms with Gasteiger partial charge in [0.15, 0.2) is 88.1 Å². The van der Waals surface area contributed by atoms with Gasteiger partial charge in [-0.1, -0.05) is 0 Å². The fraction of sp³-hybridized carbons (Fsp3) is 1.00. The second kappa shape index (κ2) is 21.7. The lowest BCUT2D eigenvalue weighted by atomic mass is 10.00. The average molecular weight is 1040 g/mol. The Morgan fingerprint density at radius 1 is 0.129 bits per heavy atom. The third-order valence-corrected chi connectivity index (χ3v) is 12.7. The standard InChI is InChI=1S/C35H56O35/c36-1-8(43)29-58-16-3(38)10(45)31(66-23(16)51)60-18-5(40)12(47)33(68-25(18)53)62-20-7(42)14(49)35(70-27(20)55)63-21-6(41)13(48)34(69-28(21)56)61-19-4(39)11(46)32(67-26(19)54)59-17-2(37)9(44)30(65-24(17)52)57-15(1)22(50)64-29/h1-56H. The summed E-state index contributed by atoms with van der Waals surface area (Å²) in [6.07, 6.45) is -79.5. The maximum atomic E-state index is 10.9. The predicted molar refractivity (Wildman–Crippen MR) is 194 cm³/mol. The van der Waals surface area contributed by atoms with E-state index in [0.717, 1.165) is 0 Å². The zero-order valence-electron chi connectivity index (χ0n) is 35.3. The van der Waals surface area contributed by atoms with Crippen LogP contribution in [0, 0.1) is 0 Å². The summed E-state index contributed by atoms with van der Waals surface area (Å²) in [5.41, 5.74) is 0. The molecule has 35 nitrogen and oxygen atoms in total. The van der Waals surface area contributed by atoms with E-state index < -0.39 is 216 Å². The lowest BCUT2D eigenvalue weighted by Gasteiger charge is -2.48. The molecule has 0 aromatic carbocycles. The van der Waals surface area contributed by atoms with E-state index in [9.17, 15) is 107 Å². The van der Waals surface area contributed by atoms with E-state index in [4.69, 9.17) is 66.3 Å². The summed E-state index contributed by atoms with van der Waals surface area (Å²) >= 11 is 0. The van der Waals surface area contributed by atoms with Gasteiger partial charge in [0.05, 0.1) is 0 Å². The second-order valence-electron chi connectivity index (χ2n) is 17.3. The molecule has 0 aromatic heterocycles. The Morgan fingerprint density at radius 3 is 0.329 bits per heavy atom. The molecule has 70 heavy (non-hydrogen) atoms. The Bertz CT molecular complexity index is 1380. The van der Waals surface area contributed by atoms with E-state index in [1.54, 1.807) is 0 Å². The topological polar surface area (TPSA) is 554 Å². The highest BCUT2D eigenvalue weighted by atomic mass is 16.8. The van der Waals surface area contributed by atoms with Crippen molar-refractivity contribution in [3.05, 3.63) is 0 Å². The van der Waals surface area contributed by atoms with Crippen molar-refractivity contribution in [2.24, 2.45) is 0 Å². The number of aliphatic hydroxyl groups is 21. The van der Waals surface area contributed by atoms with Gasteiger partial charge in [0.1, 0.15) is 128 Å². The summed E-state index contributed by atoms with van der Waals surface area (Å²) in [4.78, 5) is 0. The first kappa shape index (κ1) is 54.8. The first-order valence-electron chi connectivity index (χ1n) is 21.4. The Morgan fingerprint density at radius 2 is 0.229 bits per heavy atom. The highest BCUT2D eigenvalue weighted by Gasteiger charge is 2.59. The Balaban J connectivity index is 1.02. The summed E-state index contributed by atoms with van der Waals surface area (Å²) in [6.45, 7) is 0. The minimum Gasteiger partial charge on any atom is -0.387 e.